The van der Waals surface area contributed by atoms with Crippen molar-refractivity contribution < 1.29 is 19.4 Å². The van der Waals surface area contributed by atoms with Gasteiger partial charge in [-0.25, -0.2) is 19.7 Å². The first-order valence-corrected chi connectivity index (χ1v) is 15.8. The molecule has 0 aliphatic carbocycles. The van der Waals surface area contributed by atoms with Crippen LogP contribution in [0, 0.1) is 5.92 Å². The second-order valence-corrected chi connectivity index (χ2v) is 13.2. The summed E-state index contributed by atoms with van der Waals surface area (Å²) in [4.78, 5) is 32.4. The van der Waals surface area contributed by atoms with Crippen molar-refractivity contribution in [2.75, 3.05) is 50.8 Å². The lowest BCUT2D eigenvalue weighted by Gasteiger charge is -2.35. The molecule has 12 heteroatoms. The number of pyridine rings is 1. The molecule has 0 saturated carbocycles. The summed E-state index contributed by atoms with van der Waals surface area (Å²) in [5.74, 6) is 2.03. The maximum Gasteiger partial charge on any atom is 0.410 e. The van der Waals surface area contributed by atoms with Crippen LogP contribution in [-0.2, 0) is 11.3 Å². The zero-order chi connectivity index (χ0) is 31.3. The van der Waals surface area contributed by atoms with E-state index in [1.165, 1.54) is 0 Å². The number of halogens is 2. The van der Waals surface area contributed by atoms with Gasteiger partial charge in [-0.05, 0) is 88.9 Å². The number of nitrogens with zero attached hydrogens (tertiary/aromatic N) is 6. The molecule has 1 amide bonds. The number of benzene rings is 1. The third kappa shape index (κ3) is 8.94. The molecule has 2 aromatic heterocycles. The fraction of sp³-hybridized carbons (Fsp3) is 0.500. The van der Waals surface area contributed by atoms with Gasteiger partial charge in [0.25, 0.3) is 0 Å². The number of carbonyl (C=O) groups is 1. The Hall–Kier alpha value is -3.18. The van der Waals surface area contributed by atoms with Crippen LogP contribution in [0.1, 0.15) is 45.6 Å². The molecule has 44 heavy (non-hydrogen) atoms. The summed E-state index contributed by atoms with van der Waals surface area (Å²) in [7, 11) is 0. The van der Waals surface area contributed by atoms with Gasteiger partial charge in [-0.2, -0.15) is 0 Å². The Bertz CT molecular complexity index is 1400. The van der Waals surface area contributed by atoms with E-state index < -0.39 is 5.60 Å². The van der Waals surface area contributed by atoms with Gasteiger partial charge in [-0.3, -0.25) is 4.90 Å². The number of piperidine rings is 1. The van der Waals surface area contributed by atoms with Crippen molar-refractivity contribution in [2.45, 2.75) is 52.2 Å². The van der Waals surface area contributed by atoms with Gasteiger partial charge in [0.2, 0.25) is 11.8 Å². The Morgan fingerprint density at radius 2 is 1.61 bits per heavy atom. The molecule has 1 N–H and O–H groups in total. The van der Waals surface area contributed by atoms with E-state index in [0.29, 0.717) is 65.4 Å². The summed E-state index contributed by atoms with van der Waals surface area (Å²) >= 11 is 12.6. The molecular formula is C32H40Cl2N6O4. The van der Waals surface area contributed by atoms with Crippen molar-refractivity contribution in [2.24, 2.45) is 5.92 Å². The molecule has 2 fully saturated rings. The van der Waals surface area contributed by atoms with Gasteiger partial charge in [0, 0.05) is 61.0 Å². The van der Waals surface area contributed by atoms with E-state index >= 15 is 0 Å². The third-order valence-corrected chi connectivity index (χ3v) is 8.16. The monoisotopic (exact) mass is 642 g/mol. The summed E-state index contributed by atoms with van der Waals surface area (Å²) in [5, 5.41) is 10.4. The first-order valence-electron chi connectivity index (χ1n) is 15.1. The summed E-state index contributed by atoms with van der Waals surface area (Å²) in [6.07, 6.45) is 5.99. The minimum atomic E-state index is -0.526. The van der Waals surface area contributed by atoms with Crippen LogP contribution < -0.4 is 9.64 Å². The van der Waals surface area contributed by atoms with E-state index in [0.717, 1.165) is 50.0 Å². The third-order valence-electron chi connectivity index (χ3n) is 7.72. The van der Waals surface area contributed by atoms with Crippen LogP contribution in [0.4, 0.5) is 10.7 Å². The van der Waals surface area contributed by atoms with Gasteiger partial charge in [0.1, 0.15) is 5.60 Å². The van der Waals surface area contributed by atoms with Crippen LogP contribution in [0.25, 0.3) is 11.3 Å². The minimum Gasteiger partial charge on any atom is -0.444 e. The van der Waals surface area contributed by atoms with E-state index in [9.17, 15) is 9.90 Å². The van der Waals surface area contributed by atoms with E-state index in [1.54, 1.807) is 23.4 Å². The molecule has 2 aliphatic rings. The van der Waals surface area contributed by atoms with E-state index in [2.05, 4.69) is 14.9 Å². The average Bonchev–Trinajstić information content (AvgIpc) is 2.97. The van der Waals surface area contributed by atoms with Crippen LogP contribution in [-0.4, -0.2) is 87.4 Å². The maximum absolute atomic E-state index is 12.4. The molecule has 236 valence electrons. The topological polar surface area (TPSA) is 104 Å². The largest absolute Gasteiger partial charge is 0.444 e. The Morgan fingerprint density at radius 3 is 2.23 bits per heavy atom. The van der Waals surface area contributed by atoms with Crippen LogP contribution >= 0.6 is 23.2 Å². The van der Waals surface area contributed by atoms with Crippen molar-refractivity contribution in [1.29, 1.82) is 0 Å². The van der Waals surface area contributed by atoms with Crippen LogP contribution in [0.5, 0.6) is 11.6 Å². The van der Waals surface area contributed by atoms with Gasteiger partial charge in [-0.15, -0.1) is 0 Å². The lowest BCUT2D eigenvalue weighted by molar-refractivity contribution is 0.0240. The highest BCUT2D eigenvalue weighted by atomic mass is 35.5. The Balaban J connectivity index is 1.28. The highest BCUT2D eigenvalue weighted by Crippen LogP contribution is 2.31. The number of piperazine rings is 1. The van der Waals surface area contributed by atoms with Gasteiger partial charge in [0.05, 0.1) is 18.1 Å². The first-order chi connectivity index (χ1) is 21.0. The number of likely N-dealkylation sites (tertiary alicyclic amines) is 1. The molecule has 0 atom stereocenters. The van der Waals surface area contributed by atoms with Crippen molar-refractivity contribution in [3.63, 3.8) is 0 Å². The molecule has 0 unspecified atom stereocenters. The molecule has 4 heterocycles. The highest BCUT2D eigenvalue weighted by molar-refractivity contribution is 6.35. The highest BCUT2D eigenvalue weighted by Gasteiger charge is 2.27. The quantitative estimate of drug-likeness (QED) is 0.303. The fourth-order valence-corrected chi connectivity index (χ4v) is 6.01. The summed E-state index contributed by atoms with van der Waals surface area (Å²) in [6.45, 7) is 10.8. The Morgan fingerprint density at radius 1 is 0.955 bits per heavy atom. The minimum absolute atomic E-state index is 0.247. The van der Waals surface area contributed by atoms with Crippen molar-refractivity contribution in [3.05, 3.63) is 58.3 Å². The van der Waals surface area contributed by atoms with Crippen LogP contribution in [0.3, 0.4) is 0 Å². The smallest absolute Gasteiger partial charge is 0.410 e. The lowest BCUT2D eigenvalue weighted by atomic mass is 9.93. The number of rotatable bonds is 8. The molecule has 2 aliphatic heterocycles. The lowest BCUT2D eigenvalue weighted by Crippen LogP contribution is -2.50. The first kappa shape index (κ1) is 32.2. The number of carbonyl (C=O) groups excluding carboxylic acids is 1. The predicted molar refractivity (Wildman–Crippen MR) is 172 cm³/mol. The Labute approximate surface area is 268 Å². The van der Waals surface area contributed by atoms with Gasteiger partial charge < -0.3 is 24.4 Å². The average molecular weight is 644 g/mol. The van der Waals surface area contributed by atoms with E-state index in [-0.39, 0.29) is 12.7 Å². The SMILES string of the molecule is CC(C)(C)OC(=O)N1CCN(c2ncc(Oc3cc(CN4CCC(CCO)CC4)cc(-c4cc(Cl)cc(Cl)c4)n3)cn2)CC1. The van der Waals surface area contributed by atoms with Crippen molar-refractivity contribution in [1.82, 2.24) is 24.8 Å². The summed E-state index contributed by atoms with van der Waals surface area (Å²) in [6, 6.07) is 9.36. The van der Waals surface area contributed by atoms with Crippen molar-refractivity contribution in [3.8, 4) is 22.9 Å². The summed E-state index contributed by atoms with van der Waals surface area (Å²) in [5.41, 5.74) is 2.04. The zero-order valence-electron chi connectivity index (χ0n) is 25.5. The molecule has 1 aromatic carbocycles. The van der Waals surface area contributed by atoms with Gasteiger partial charge in [-0.1, -0.05) is 23.2 Å². The predicted octanol–water partition coefficient (Wildman–Crippen LogP) is 6.29. The number of aliphatic hydroxyl groups excluding tert-OH is 1. The molecule has 0 bridgehead atoms. The maximum atomic E-state index is 12.4. The second-order valence-electron chi connectivity index (χ2n) is 12.4. The molecule has 0 radical (unpaired) electrons. The number of hydrogen-bond acceptors (Lipinski definition) is 9. The molecule has 2 saturated heterocycles. The number of anilines is 1. The molecule has 5 rings (SSSR count). The second kappa shape index (κ2) is 14.3. The normalized spacial score (nSPS) is 16.7. The zero-order valence-corrected chi connectivity index (χ0v) is 27.0. The molecule has 3 aromatic rings. The van der Waals surface area contributed by atoms with Gasteiger partial charge >= 0.3 is 6.09 Å². The standard InChI is InChI=1S/C32H40Cl2N6O4/c1-32(2,3)44-31(42)40-11-9-39(10-12-40)30-35-19-27(20-36-30)43-29-15-23(21-38-7-4-22(5-8-38)6-13-41)14-28(37-29)24-16-25(33)18-26(34)17-24/h14-20,22,41H,4-13,21H2,1-3H3. The molecule has 10 nitrogen and oxygen atoms in total. The van der Waals surface area contributed by atoms with E-state index in [4.69, 9.17) is 37.7 Å². The van der Waals surface area contributed by atoms with Crippen molar-refractivity contribution >= 4 is 35.2 Å². The number of hydrogen-bond donors (Lipinski definition) is 1. The number of amides is 1. The molecular weight excluding hydrogens is 603 g/mol. The van der Waals surface area contributed by atoms with Crippen LogP contribution in [0.15, 0.2) is 42.7 Å². The molecule has 0 spiro atoms. The number of aromatic nitrogens is 3. The Kier molecular flexibility index (Phi) is 10.5. The van der Waals surface area contributed by atoms with Crippen LogP contribution in [0.2, 0.25) is 10.0 Å². The summed E-state index contributed by atoms with van der Waals surface area (Å²) < 4.78 is 11.7. The van der Waals surface area contributed by atoms with Gasteiger partial charge in [0.15, 0.2) is 5.75 Å². The fourth-order valence-electron chi connectivity index (χ4n) is 5.49. The number of ether oxygens (including phenoxy) is 2. The van der Waals surface area contributed by atoms with E-state index in [1.807, 2.05) is 49.9 Å². The number of aliphatic hydroxyl groups is 1.